The van der Waals surface area contributed by atoms with E-state index in [-0.39, 0.29) is 5.82 Å². The summed E-state index contributed by atoms with van der Waals surface area (Å²) in [5, 5.41) is 0. The van der Waals surface area contributed by atoms with E-state index in [1.807, 2.05) is 26.0 Å². The number of aromatic nitrogens is 1. The van der Waals surface area contributed by atoms with Crippen LogP contribution in [0.25, 0.3) is 11.3 Å². The summed E-state index contributed by atoms with van der Waals surface area (Å²) < 4.78 is 20.7. The van der Waals surface area contributed by atoms with Crippen molar-refractivity contribution in [1.29, 1.82) is 0 Å². The maximum absolute atomic E-state index is 12.8. The lowest BCUT2D eigenvalue weighted by atomic mass is 10.0. The second-order valence-electron chi connectivity index (χ2n) is 3.94. The highest BCUT2D eigenvalue weighted by atomic mass is 19.1. The summed E-state index contributed by atoms with van der Waals surface area (Å²) in [5.74, 6) is -0.897. The topological polar surface area (TPSA) is 12.9 Å². The molecule has 0 aliphatic heterocycles. The molecule has 0 saturated carbocycles. The second kappa shape index (κ2) is 4.44. The Hall–Kier alpha value is -1.70. The number of pyridine rings is 1. The highest BCUT2D eigenvalue weighted by molar-refractivity contribution is 5.58. The number of benzene rings is 1. The van der Waals surface area contributed by atoms with Crippen LogP contribution in [0.5, 0.6) is 0 Å². The van der Waals surface area contributed by atoms with Gasteiger partial charge < -0.3 is 0 Å². The van der Waals surface area contributed by atoms with Crippen LogP contribution in [0.2, 0.25) is 0 Å². The van der Waals surface area contributed by atoms with Crippen molar-refractivity contribution in [1.82, 2.24) is 4.98 Å². The third-order valence-corrected chi connectivity index (χ3v) is 2.48. The molecule has 1 aromatic carbocycles. The van der Waals surface area contributed by atoms with Crippen LogP contribution in [0.3, 0.4) is 0 Å². The van der Waals surface area contributed by atoms with Crippen molar-refractivity contribution >= 4 is 0 Å². The first-order chi connectivity index (χ1) is 7.97. The number of hydrogen-bond donors (Lipinski definition) is 0. The Morgan fingerprint density at radius 2 is 1.81 bits per heavy atom. The first-order valence-corrected chi connectivity index (χ1v) is 5.19. The van der Waals surface area contributed by atoms with Crippen molar-refractivity contribution < 1.29 is 5.76 Å². The number of nitrogens with zero attached hydrogens (tertiary/aromatic N) is 1. The quantitative estimate of drug-likeness (QED) is 0.739. The molecule has 1 heterocycles. The lowest BCUT2D eigenvalue weighted by molar-refractivity contribution is 0.628. The Balaban J connectivity index is 2.33. The molecule has 0 radical (unpaired) electrons. The molecule has 0 amide bonds. The molecule has 1 nitrogen and oxygen atoms in total. The van der Waals surface area contributed by atoms with Crippen LogP contribution in [0, 0.1) is 5.82 Å². The minimum Gasteiger partial charge on any atom is -0.256 e. The number of hydrogen-bond acceptors (Lipinski definition) is 1. The monoisotopic (exact) mass is 216 g/mol. The van der Waals surface area contributed by atoms with E-state index < -0.39 is 5.89 Å². The molecule has 0 fully saturated rings. The van der Waals surface area contributed by atoms with Gasteiger partial charge in [0.2, 0.25) is 0 Å². The molecule has 82 valence electrons. The molecule has 2 heteroatoms. The lowest BCUT2D eigenvalue weighted by Gasteiger charge is -2.06. The van der Waals surface area contributed by atoms with Crippen molar-refractivity contribution in [2.45, 2.75) is 19.7 Å². The largest absolute Gasteiger partial charge is 0.256 e. The van der Waals surface area contributed by atoms with Gasteiger partial charge in [-0.2, -0.15) is 0 Å². The van der Waals surface area contributed by atoms with Crippen LogP contribution in [0.15, 0.2) is 42.6 Å². The molecule has 0 atom stereocenters. The number of halogens is 1. The highest BCUT2D eigenvalue weighted by Gasteiger charge is 2.02. The minimum atomic E-state index is -0.645. The summed E-state index contributed by atoms with van der Waals surface area (Å²) in [6.07, 6.45) is 1.70. The second-order valence-corrected chi connectivity index (χ2v) is 3.94. The van der Waals surface area contributed by atoms with Crippen molar-refractivity contribution in [3.8, 4) is 11.3 Å². The first kappa shape index (κ1) is 9.52. The van der Waals surface area contributed by atoms with Gasteiger partial charge in [0, 0.05) is 13.1 Å². The van der Waals surface area contributed by atoms with Crippen molar-refractivity contribution in [3.05, 3.63) is 54.0 Å². The van der Waals surface area contributed by atoms with Gasteiger partial charge in [0.05, 0.1) is 5.69 Å². The first-order valence-electron chi connectivity index (χ1n) is 5.69. The van der Waals surface area contributed by atoms with E-state index in [2.05, 4.69) is 4.98 Å². The zero-order chi connectivity index (χ0) is 12.5. The maximum atomic E-state index is 12.8. The molecule has 2 rings (SSSR count). The molecule has 0 spiro atoms. The number of rotatable bonds is 2. The van der Waals surface area contributed by atoms with Crippen LogP contribution >= 0.6 is 0 Å². The fourth-order valence-electron chi connectivity index (χ4n) is 1.48. The van der Waals surface area contributed by atoms with Gasteiger partial charge in [-0.1, -0.05) is 19.9 Å². The average molecular weight is 216 g/mol. The predicted octanol–water partition coefficient (Wildman–Crippen LogP) is 4.01. The standard InChI is InChI=1S/C14H14FN/c1-10(2)12-5-8-14(16-9-12)11-3-6-13(15)7-4-11/h3-10H,1-2H3/i10D. The van der Waals surface area contributed by atoms with E-state index in [0.29, 0.717) is 0 Å². The van der Waals surface area contributed by atoms with Crippen LogP contribution in [-0.2, 0) is 0 Å². The molecule has 0 aliphatic rings. The Morgan fingerprint density at radius 1 is 1.12 bits per heavy atom. The zero-order valence-electron chi connectivity index (χ0n) is 10.4. The molecule has 0 saturated heterocycles. The van der Waals surface area contributed by atoms with Crippen LogP contribution in [0.1, 0.15) is 26.7 Å². The molecule has 0 unspecified atom stereocenters. The third kappa shape index (κ3) is 2.27. The molecule has 0 bridgehead atoms. The molecule has 1 aromatic heterocycles. The Morgan fingerprint density at radius 3 is 2.31 bits per heavy atom. The summed E-state index contributed by atoms with van der Waals surface area (Å²) >= 11 is 0. The lowest BCUT2D eigenvalue weighted by Crippen LogP contribution is -1.90. The van der Waals surface area contributed by atoms with Crippen molar-refractivity contribution in [3.63, 3.8) is 0 Å². The summed E-state index contributed by atoms with van der Waals surface area (Å²) in [6, 6.07) is 9.97. The van der Waals surface area contributed by atoms with Gasteiger partial charge in [-0.15, -0.1) is 0 Å². The van der Waals surface area contributed by atoms with Crippen LogP contribution in [0.4, 0.5) is 4.39 Å². The van der Waals surface area contributed by atoms with Gasteiger partial charge in [0.15, 0.2) is 0 Å². The fraction of sp³-hybridized carbons (Fsp3) is 0.214. The molecular formula is C14H14FN. The van der Waals surface area contributed by atoms with Crippen molar-refractivity contribution in [2.75, 3.05) is 0 Å². The molecule has 16 heavy (non-hydrogen) atoms. The maximum Gasteiger partial charge on any atom is 0.123 e. The van der Waals surface area contributed by atoms with Crippen molar-refractivity contribution in [2.24, 2.45) is 0 Å². The fourth-order valence-corrected chi connectivity index (χ4v) is 1.48. The van der Waals surface area contributed by atoms with E-state index in [1.54, 1.807) is 18.3 Å². The van der Waals surface area contributed by atoms with E-state index in [4.69, 9.17) is 1.37 Å². The summed E-state index contributed by atoms with van der Waals surface area (Å²) in [7, 11) is 0. The van der Waals surface area contributed by atoms with E-state index in [9.17, 15) is 4.39 Å². The highest BCUT2D eigenvalue weighted by Crippen LogP contribution is 2.20. The molecule has 0 aliphatic carbocycles. The van der Waals surface area contributed by atoms with E-state index in [0.717, 1.165) is 16.8 Å². The zero-order valence-corrected chi connectivity index (χ0v) is 9.37. The predicted molar refractivity (Wildman–Crippen MR) is 63.7 cm³/mol. The molecular weight excluding hydrogens is 201 g/mol. The Bertz CT molecular complexity index is 497. The van der Waals surface area contributed by atoms with E-state index in [1.165, 1.54) is 12.1 Å². The summed E-state index contributed by atoms with van der Waals surface area (Å²) in [5.41, 5.74) is 2.53. The average Bonchev–Trinajstić information content (AvgIpc) is 2.29. The third-order valence-electron chi connectivity index (χ3n) is 2.48. The molecule has 0 N–H and O–H groups in total. The smallest absolute Gasteiger partial charge is 0.123 e. The van der Waals surface area contributed by atoms with Gasteiger partial charge >= 0.3 is 0 Å². The van der Waals surface area contributed by atoms with Gasteiger partial charge in [-0.3, -0.25) is 4.98 Å². The van der Waals surface area contributed by atoms with Gasteiger partial charge in [0.1, 0.15) is 5.82 Å². The minimum absolute atomic E-state index is 0.252. The van der Waals surface area contributed by atoms with Gasteiger partial charge in [-0.25, -0.2) is 4.39 Å². The molecule has 2 aromatic rings. The summed E-state index contributed by atoms with van der Waals surface area (Å²) in [4.78, 5) is 4.30. The summed E-state index contributed by atoms with van der Waals surface area (Å²) in [6.45, 7) is 3.64. The normalized spacial score (nSPS) is 12.3. The van der Waals surface area contributed by atoms with E-state index >= 15 is 0 Å². The van der Waals surface area contributed by atoms with Crippen LogP contribution in [-0.4, -0.2) is 4.98 Å². The Labute approximate surface area is 96.4 Å². The Kier molecular flexibility index (Phi) is 2.64. The van der Waals surface area contributed by atoms with Crippen LogP contribution < -0.4 is 0 Å². The SMILES string of the molecule is [2H]C(C)(C)c1ccc(-c2ccc(F)cc2)nc1. The van der Waals surface area contributed by atoms with Gasteiger partial charge in [0.25, 0.3) is 0 Å². The van der Waals surface area contributed by atoms with Gasteiger partial charge in [-0.05, 0) is 41.8 Å².